The summed E-state index contributed by atoms with van der Waals surface area (Å²) >= 11 is 1.43. The SMILES string of the molecule is Cc1nc2sc([C@@H](c3cccc(F)c3)N3CCC(Cc4ccccc4)CC3)c(O)n2n1. The lowest BCUT2D eigenvalue weighted by Gasteiger charge is -2.37. The molecule has 7 heteroatoms. The molecule has 0 aliphatic carbocycles. The summed E-state index contributed by atoms with van der Waals surface area (Å²) in [4.78, 5) is 8.19. The summed E-state index contributed by atoms with van der Waals surface area (Å²) in [5.74, 6) is 1.08. The van der Waals surface area contributed by atoms with Crippen LogP contribution in [0.2, 0.25) is 0 Å². The molecule has 5 nitrogen and oxygen atoms in total. The molecule has 1 N–H and O–H groups in total. The number of benzene rings is 2. The highest BCUT2D eigenvalue weighted by Gasteiger charge is 2.32. The van der Waals surface area contributed by atoms with Crippen molar-refractivity contribution in [1.82, 2.24) is 19.5 Å². The van der Waals surface area contributed by atoms with Gasteiger partial charge in [0.15, 0.2) is 0 Å². The summed E-state index contributed by atoms with van der Waals surface area (Å²) < 4.78 is 15.6. The molecule has 5 rings (SSSR count). The Morgan fingerprint density at radius 2 is 1.90 bits per heavy atom. The molecule has 160 valence electrons. The topological polar surface area (TPSA) is 53.7 Å². The van der Waals surface area contributed by atoms with Crippen molar-refractivity contribution < 1.29 is 9.50 Å². The van der Waals surface area contributed by atoms with Gasteiger partial charge < -0.3 is 5.11 Å². The summed E-state index contributed by atoms with van der Waals surface area (Å²) in [6.07, 6.45) is 3.23. The van der Waals surface area contributed by atoms with Crippen molar-refractivity contribution in [3.8, 4) is 5.88 Å². The molecule has 2 aromatic carbocycles. The van der Waals surface area contributed by atoms with Crippen LogP contribution in [-0.4, -0.2) is 37.7 Å². The third-order valence-corrected chi connectivity index (χ3v) is 7.17. The zero-order valence-electron chi connectivity index (χ0n) is 17.4. The van der Waals surface area contributed by atoms with Crippen LogP contribution in [0.15, 0.2) is 54.6 Å². The quantitative estimate of drug-likeness (QED) is 0.479. The minimum Gasteiger partial charge on any atom is -0.492 e. The largest absolute Gasteiger partial charge is 0.492 e. The number of aromatic nitrogens is 3. The molecular formula is C24H25FN4OS. The number of piperidine rings is 1. The molecule has 0 radical (unpaired) electrons. The summed E-state index contributed by atoms with van der Waals surface area (Å²) in [7, 11) is 0. The predicted octanol–water partition coefficient (Wildman–Crippen LogP) is 4.99. The van der Waals surface area contributed by atoms with E-state index in [1.54, 1.807) is 19.1 Å². The van der Waals surface area contributed by atoms with E-state index in [0.717, 1.165) is 42.8 Å². The van der Waals surface area contributed by atoms with Gasteiger partial charge in [-0.15, -0.1) is 5.10 Å². The van der Waals surface area contributed by atoms with E-state index in [0.29, 0.717) is 16.7 Å². The molecule has 1 aliphatic heterocycles. The van der Waals surface area contributed by atoms with Gasteiger partial charge in [0.1, 0.15) is 11.6 Å². The lowest BCUT2D eigenvalue weighted by atomic mass is 9.89. The number of nitrogens with zero attached hydrogens (tertiary/aromatic N) is 4. The zero-order valence-corrected chi connectivity index (χ0v) is 18.2. The van der Waals surface area contributed by atoms with E-state index in [1.807, 2.05) is 6.07 Å². The average molecular weight is 437 g/mol. The van der Waals surface area contributed by atoms with E-state index >= 15 is 0 Å². The molecule has 0 unspecified atom stereocenters. The number of hydrogen-bond donors (Lipinski definition) is 1. The zero-order chi connectivity index (χ0) is 21.4. The van der Waals surface area contributed by atoms with Gasteiger partial charge in [-0.3, -0.25) is 4.90 Å². The van der Waals surface area contributed by atoms with Crippen molar-refractivity contribution in [2.45, 2.75) is 32.2 Å². The van der Waals surface area contributed by atoms with Crippen molar-refractivity contribution in [2.75, 3.05) is 13.1 Å². The van der Waals surface area contributed by atoms with Crippen molar-refractivity contribution in [3.63, 3.8) is 0 Å². The molecule has 1 aliphatic rings. The Bertz CT molecular complexity index is 1180. The highest BCUT2D eigenvalue weighted by Crippen LogP contribution is 2.41. The van der Waals surface area contributed by atoms with Crippen LogP contribution < -0.4 is 0 Å². The average Bonchev–Trinajstić information content (AvgIpc) is 3.27. The third kappa shape index (κ3) is 4.07. The van der Waals surface area contributed by atoms with E-state index in [1.165, 1.54) is 27.5 Å². The fraction of sp³-hybridized carbons (Fsp3) is 0.333. The highest BCUT2D eigenvalue weighted by atomic mass is 32.1. The van der Waals surface area contributed by atoms with E-state index in [-0.39, 0.29) is 17.7 Å². The van der Waals surface area contributed by atoms with E-state index in [9.17, 15) is 9.50 Å². The molecule has 2 aromatic heterocycles. The number of hydrogen-bond acceptors (Lipinski definition) is 5. The number of aryl methyl sites for hydroxylation is 1. The number of thiazole rings is 1. The number of likely N-dealkylation sites (tertiary alicyclic amines) is 1. The number of aromatic hydroxyl groups is 1. The number of rotatable bonds is 5. The molecule has 31 heavy (non-hydrogen) atoms. The molecule has 4 aromatic rings. The first-order valence-corrected chi connectivity index (χ1v) is 11.5. The smallest absolute Gasteiger partial charge is 0.230 e. The van der Waals surface area contributed by atoms with Crippen LogP contribution >= 0.6 is 11.3 Å². The minimum absolute atomic E-state index is 0.0984. The van der Waals surface area contributed by atoms with Crippen LogP contribution in [-0.2, 0) is 6.42 Å². The Labute approximate surface area is 184 Å². The van der Waals surface area contributed by atoms with Gasteiger partial charge in [-0.2, -0.15) is 4.52 Å². The fourth-order valence-corrected chi connectivity index (χ4v) is 5.76. The van der Waals surface area contributed by atoms with Gasteiger partial charge in [0.2, 0.25) is 10.8 Å². The molecule has 1 fully saturated rings. The summed E-state index contributed by atoms with van der Waals surface area (Å²) in [5.41, 5.74) is 2.22. The second kappa shape index (κ2) is 8.40. The summed E-state index contributed by atoms with van der Waals surface area (Å²) in [6.45, 7) is 3.59. The minimum atomic E-state index is -0.267. The van der Waals surface area contributed by atoms with E-state index in [2.05, 4.69) is 45.3 Å². The first-order chi connectivity index (χ1) is 15.1. The first kappa shape index (κ1) is 20.2. The van der Waals surface area contributed by atoms with Gasteiger partial charge in [-0.25, -0.2) is 9.37 Å². The van der Waals surface area contributed by atoms with E-state index < -0.39 is 0 Å². The van der Waals surface area contributed by atoms with Crippen molar-refractivity contribution in [3.05, 3.63) is 82.2 Å². The van der Waals surface area contributed by atoms with Gasteiger partial charge >= 0.3 is 0 Å². The second-order valence-corrected chi connectivity index (χ2v) is 9.28. The Hall–Kier alpha value is -2.77. The molecule has 0 amide bonds. The summed E-state index contributed by atoms with van der Waals surface area (Å²) in [5, 5.41) is 15.2. The van der Waals surface area contributed by atoms with Gasteiger partial charge in [0.25, 0.3) is 0 Å². The second-order valence-electron chi connectivity index (χ2n) is 8.27. The molecule has 1 atom stereocenters. The van der Waals surface area contributed by atoms with Crippen LogP contribution in [0.3, 0.4) is 0 Å². The number of fused-ring (bicyclic) bond motifs is 1. The van der Waals surface area contributed by atoms with Gasteiger partial charge in [-0.05, 0) is 68.5 Å². The maximum Gasteiger partial charge on any atom is 0.230 e. The molecule has 0 saturated carbocycles. The van der Waals surface area contributed by atoms with Gasteiger partial charge in [0, 0.05) is 0 Å². The van der Waals surface area contributed by atoms with Crippen molar-refractivity contribution in [2.24, 2.45) is 5.92 Å². The lowest BCUT2D eigenvalue weighted by Crippen LogP contribution is -2.37. The molecule has 0 bridgehead atoms. The Balaban J connectivity index is 1.43. The maximum absolute atomic E-state index is 14.1. The van der Waals surface area contributed by atoms with Crippen LogP contribution in [0.1, 0.15) is 40.7 Å². The van der Waals surface area contributed by atoms with Crippen LogP contribution in [0.25, 0.3) is 4.96 Å². The maximum atomic E-state index is 14.1. The first-order valence-electron chi connectivity index (χ1n) is 10.7. The normalized spacial score (nSPS) is 16.7. The van der Waals surface area contributed by atoms with Crippen LogP contribution in [0.4, 0.5) is 4.39 Å². The Morgan fingerprint density at radius 1 is 1.13 bits per heavy atom. The molecule has 0 spiro atoms. The highest BCUT2D eigenvalue weighted by molar-refractivity contribution is 7.17. The summed E-state index contributed by atoms with van der Waals surface area (Å²) in [6, 6.07) is 17.1. The van der Waals surface area contributed by atoms with Gasteiger partial charge in [0.05, 0.1) is 10.9 Å². The number of halogens is 1. The molecule has 3 heterocycles. The van der Waals surface area contributed by atoms with Crippen LogP contribution in [0.5, 0.6) is 5.88 Å². The van der Waals surface area contributed by atoms with Crippen molar-refractivity contribution >= 4 is 16.3 Å². The monoisotopic (exact) mass is 436 g/mol. The van der Waals surface area contributed by atoms with Gasteiger partial charge in [-0.1, -0.05) is 53.8 Å². The molecular weight excluding hydrogens is 411 g/mol. The fourth-order valence-electron chi connectivity index (χ4n) is 4.59. The predicted molar refractivity (Wildman–Crippen MR) is 120 cm³/mol. The standard InChI is InChI=1S/C24H25FN4OS/c1-16-26-24-29(27-16)23(30)22(31-24)21(19-8-5-9-20(25)15-19)28-12-10-18(11-13-28)14-17-6-3-2-4-7-17/h2-9,15,18,21,30H,10-14H2,1H3/t21-/m1/s1. The van der Waals surface area contributed by atoms with Crippen molar-refractivity contribution in [1.29, 1.82) is 0 Å². The van der Waals surface area contributed by atoms with E-state index in [4.69, 9.17) is 0 Å². The molecule has 1 saturated heterocycles. The Morgan fingerprint density at radius 3 is 2.61 bits per heavy atom. The third-order valence-electron chi connectivity index (χ3n) is 6.10. The van der Waals surface area contributed by atoms with Crippen LogP contribution in [0, 0.1) is 18.7 Å². The Kier molecular flexibility index (Phi) is 5.46. The lowest BCUT2D eigenvalue weighted by molar-refractivity contribution is 0.150.